The van der Waals surface area contributed by atoms with E-state index in [-0.39, 0.29) is 5.82 Å². The highest BCUT2D eigenvalue weighted by atomic mass is 32.1. The molecule has 5 rings (SSSR count). The van der Waals surface area contributed by atoms with E-state index in [2.05, 4.69) is 10.1 Å². The number of imidazole rings is 1. The van der Waals surface area contributed by atoms with Crippen LogP contribution in [0.25, 0.3) is 37.0 Å². The van der Waals surface area contributed by atoms with Crippen LogP contribution in [0, 0.1) is 5.82 Å². The lowest BCUT2D eigenvalue weighted by Gasteiger charge is -1.95. The number of nitrogens with zero attached hydrogens (tertiary/aromatic N) is 4. The Labute approximate surface area is 144 Å². The first-order valence-electron chi connectivity index (χ1n) is 7.34. The van der Waals surface area contributed by atoms with Crippen molar-refractivity contribution in [2.75, 3.05) is 0 Å². The standard InChI is InChI=1S/C17H11FN4S2/c1-21-8-12(11-7-10(18)4-5-14(11)21)16-20-22-9-13(19-17(22)24-16)15-3-2-6-23-15/h2-9H,1H3. The van der Waals surface area contributed by atoms with Crippen molar-refractivity contribution in [2.45, 2.75) is 0 Å². The van der Waals surface area contributed by atoms with E-state index in [1.807, 2.05) is 41.5 Å². The van der Waals surface area contributed by atoms with Crippen LogP contribution in [0.2, 0.25) is 0 Å². The van der Waals surface area contributed by atoms with Crippen molar-refractivity contribution < 1.29 is 4.39 Å². The zero-order valence-electron chi connectivity index (χ0n) is 12.6. The molecule has 0 N–H and O–H groups in total. The van der Waals surface area contributed by atoms with Gasteiger partial charge in [-0.1, -0.05) is 17.4 Å². The summed E-state index contributed by atoms with van der Waals surface area (Å²) in [7, 11) is 1.96. The number of thiophene rings is 1. The van der Waals surface area contributed by atoms with Gasteiger partial charge in [-0.15, -0.1) is 11.3 Å². The van der Waals surface area contributed by atoms with Gasteiger partial charge in [0, 0.05) is 29.7 Å². The summed E-state index contributed by atoms with van der Waals surface area (Å²) in [5.41, 5.74) is 2.85. The number of halogens is 1. The lowest BCUT2D eigenvalue weighted by atomic mass is 10.2. The Morgan fingerprint density at radius 3 is 2.88 bits per heavy atom. The summed E-state index contributed by atoms with van der Waals surface area (Å²) in [4.78, 5) is 6.62. The van der Waals surface area contributed by atoms with Gasteiger partial charge < -0.3 is 4.57 Å². The summed E-state index contributed by atoms with van der Waals surface area (Å²) in [5.74, 6) is -0.240. The molecule has 5 aromatic rings. The van der Waals surface area contributed by atoms with Crippen LogP contribution < -0.4 is 0 Å². The molecular weight excluding hydrogens is 343 g/mol. The zero-order chi connectivity index (χ0) is 16.3. The number of hydrogen-bond acceptors (Lipinski definition) is 4. The molecule has 0 spiro atoms. The molecule has 7 heteroatoms. The Balaban J connectivity index is 1.67. The average Bonchev–Trinajstić information content (AvgIpc) is 3.28. The highest BCUT2D eigenvalue weighted by molar-refractivity contribution is 7.20. The van der Waals surface area contributed by atoms with Crippen LogP contribution in [0.5, 0.6) is 0 Å². The molecule has 4 heterocycles. The fourth-order valence-corrected chi connectivity index (χ4v) is 4.47. The smallest absolute Gasteiger partial charge is 0.213 e. The van der Waals surface area contributed by atoms with Crippen LogP contribution in [-0.2, 0) is 7.05 Å². The van der Waals surface area contributed by atoms with Crippen molar-refractivity contribution in [1.82, 2.24) is 19.2 Å². The minimum Gasteiger partial charge on any atom is -0.350 e. The molecule has 0 fully saturated rings. The highest BCUT2D eigenvalue weighted by Crippen LogP contribution is 2.34. The fraction of sp³-hybridized carbons (Fsp3) is 0.0588. The maximum absolute atomic E-state index is 13.7. The van der Waals surface area contributed by atoms with Gasteiger partial charge >= 0.3 is 0 Å². The minimum absolute atomic E-state index is 0.240. The fourth-order valence-electron chi connectivity index (χ4n) is 2.89. The first-order chi connectivity index (χ1) is 11.7. The predicted molar refractivity (Wildman–Crippen MR) is 96.0 cm³/mol. The van der Waals surface area contributed by atoms with Crippen molar-refractivity contribution in [1.29, 1.82) is 0 Å². The van der Waals surface area contributed by atoms with E-state index in [1.165, 1.54) is 17.4 Å². The Morgan fingerprint density at radius 1 is 1.17 bits per heavy atom. The summed E-state index contributed by atoms with van der Waals surface area (Å²) < 4.78 is 17.4. The van der Waals surface area contributed by atoms with Gasteiger partial charge in [0.1, 0.15) is 16.5 Å². The maximum Gasteiger partial charge on any atom is 0.213 e. The molecule has 0 amide bonds. The average molecular weight is 354 g/mol. The SMILES string of the molecule is Cn1cc(-c2nn3cc(-c4cccs4)nc3s2)c2cc(F)ccc21. The minimum atomic E-state index is -0.240. The molecule has 0 atom stereocenters. The second kappa shape index (κ2) is 4.99. The number of benzene rings is 1. The molecule has 0 aliphatic rings. The Kier molecular flexibility index (Phi) is 2.89. The molecule has 0 bridgehead atoms. The topological polar surface area (TPSA) is 35.1 Å². The predicted octanol–water partition coefficient (Wildman–Crippen LogP) is 4.82. The maximum atomic E-state index is 13.7. The van der Waals surface area contributed by atoms with Crippen LogP contribution in [-0.4, -0.2) is 19.2 Å². The molecule has 0 saturated heterocycles. The molecule has 0 saturated carbocycles. The Bertz CT molecular complexity index is 1150. The first-order valence-corrected chi connectivity index (χ1v) is 9.04. The summed E-state index contributed by atoms with van der Waals surface area (Å²) in [6.45, 7) is 0. The van der Waals surface area contributed by atoms with Crippen molar-refractivity contribution in [3.05, 3.63) is 53.9 Å². The van der Waals surface area contributed by atoms with E-state index in [0.29, 0.717) is 0 Å². The van der Waals surface area contributed by atoms with Crippen LogP contribution in [0.3, 0.4) is 0 Å². The molecule has 4 aromatic heterocycles. The summed E-state index contributed by atoms with van der Waals surface area (Å²) in [6, 6.07) is 8.89. The first kappa shape index (κ1) is 13.9. The van der Waals surface area contributed by atoms with Gasteiger partial charge in [-0.2, -0.15) is 5.10 Å². The van der Waals surface area contributed by atoms with E-state index in [4.69, 9.17) is 0 Å². The van der Waals surface area contributed by atoms with E-state index in [9.17, 15) is 4.39 Å². The molecule has 24 heavy (non-hydrogen) atoms. The zero-order valence-corrected chi connectivity index (χ0v) is 14.2. The van der Waals surface area contributed by atoms with Gasteiger partial charge in [0.05, 0.1) is 11.1 Å². The third kappa shape index (κ3) is 2.02. The van der Waals surface area contributed by atoms with Gasteiger partial charge in [-0.3, -0.25) is 0 Å². The largest absolute Gasteiger partial charge is 0.350 e. The third-order valence-electron chi connectivity index (χ3n) is 4.00. The number of rotatable bonds is 2. The second-order valence-electron chi connectivity index (χ2n) is 5.55. The lowest BCUT2D eigenvalue weighted by Crippen LogP contribution is -1.83. The van der Waals surface area contributed by atoms with Gasteiger partial charge in [0.2, 0.25) is 4.96 Å². The molecule has 0 unspecified atom stereocenters. The molecule has 1 aromatic carbocycles. The number of hydrogen-bond donors (Lipinski definition) is 0. The van der Waals surface area contributed by atoms with Crippen LogP contribution in [0.15, 0.2) is 48.1 Å². The van der Waals surface area contributed by atoms with Gasteiger partial charge in [0.25, 0.3) is 0 Å². The summed E-state index contributed by atoms with van der Waals surface area (Å²) in [5, 5.41) is 8.39. The van der Waals surface area contributed by atoms with Crippen molar-refractivity contribution in [2.24, 2.45) is 7.05 Å². The monoisotopic (exact) mass is 354 g/mol. The van der Waals surface area contributed by atoms with E-state index < -0.39 is 0 Å². The van der Waals surface area contributed by atoms with Crippen molar-refractivity contribution in [3.63, 3.8) is 0 Å². The van der Waals surface area contributed by atoms with Gasteiger partial charge in [-0.05, 0) is 29.6 Å². The Hall–Kier alpha value is -2.51. The van der Waals surface area contributed by atoms with Crippen molar-refractivity contribution in [3.8, 4) is 21.1 Å². The third-order valence-corrected chi connectivity index (χ3v) is 5.85. The van der Waals surface area contributed by atoms with E-state index >= 15 is 0 Å². The highest BCUT2D eigenvalue weighted by Gasteiger charge is 2.16. The summed E-state index contributed by atoms with van der Waals surface area (Å²) >= 11 is 3.17. The van der Waals surface area contributed by atoms with Crippen molar-refractivity contribution >= 4 is 38.5 Å². The lowest BCUT2D eigenvalue weighted by molar-refractivity contribution is 0.629. The van der Waals surface area contributed by atoms with E-state index in [1.54, 1.807) is 28.0 Å². The molecular formula is C17H11FN4S2. The number of aromatic nitrogens is 4. The van der Waals surface area contributed by atoms with Crippen LogP contribution >= 0.6 is 22.7 Å². The van der Waals surface area contributed by atoms with Crippen LogP contribution in [0.4, 0.5) is 4.39 Å². The molecule has 0 radical (unpaired) electrons. The quantitative estimate of drug-likeness (QED) is 0.456. The van der Waals surface area contributed by atoms with Crippen LogP contribution in [0.1, 0.15) is 0 Å². The Morgan fingerprint density at radius 2 is 2.08 bits per heavy atom. The second-order valence-corrected chi connectivity index (χ2v) is 7.46. The summed E-state index contributed by atoms with van der Waals surface area (Å²) in [6.07, 6.45) is 3.93. The molecule has 4 nitrogen and oxygen atoms in total. The molecule has 0 aliphatic carbocycles. The number of aryl methyl sites for hydroxylation is 1. The molecule has 118 valence electrons. The molecule has 0 aliphatic heterocycles. The normalized spacial score (nSPS) is 11.8. The van der Waals surface area contributed by atoms with E-state index in [0.717, 1.165) is 37.0 Å². The number of fused-ring (bicyclic) bond motifs is 2. The van der Waals surface area contributed by atoms with Gasteiger partial charge in [0.15, 0.2) is 0 Å². The van der Waals surface area contributed by atoms with Gasteiger partial charge in [-0.25, -0.2) is 13.9 Å².